The molecular weight excluding hydrogens is 361 g/mol. The summed E-state index contributed by atoms with van der Waals surface area (Å²) in [6.07, 6.45) is 0.914. The van der Waals surface area contributed by atoms with E-state index in [1.807, 2.05) is 0 Å². The molecule has 1 aromatic heterocycles. The van der Waals surface area contributed by atoms with Crippen molar-refractivity contribution in [3.8, 4) is 0 Å². The van der Waals surface area contributed by atoms with Gasteiger partial charge >= 0.3 is 0 Å². The van der Waals surface area contributed by atoms with Crippen LogP contribution in [0.5, 0.6) is 0 Å². The van der Waals surface area contributed by atoms with Crippen molar-refractivity contribution in [2.24, 2.45) is 4.99 Å². The van der Waals surface area contributed by atoms with Gasteiger partial charge in [-0.05, 0) is 0 Å². The van der Waals surface area contributed by atoms with E-state index in [9.17, 15) is 0 Å². The SMILES string of the molecule is CC(C)c1nnc(CCNC2=NCCN2C)s1.I. The van der Waals surface area contributed by atoms with Crippen LogP contribution in [0.1, 0.15) is 29.8 Å². The van der Waals surface area contributed by atoms with E-state index in [1.54, 1.807) is 11.3 Å². The van der Waals surface area contributed by atoms with E-state index in [4.69, 9.17) is 0 Å². The minimum atomic E-state index is 0. The van der Waals surface area contributed by atoms with Crippen molar-refractivity contribution in [1.82, 2.24) is 20.4 Å². The molecule has 0 bridgehead atoms. The van der Waals surface area contributed by atoms with E-state index >= 15 is 0 Å². The van der Waals surface area contributed by atoms with E-state index in [-0.39, 0.29) is 24.0 Å². The van der Waals surface area contributed by atoms with Crippen molar-refractivity contribution < 1.29 is 0 Å². The second kappa shape index (κ2) is 7.22. The van der Waals surface area contributed by atoms with Crippen LogP contribution >= 0.6 is 35.3 Å². The van der Waals surface area contributed by atoms with Crippen molar-refractivity contribution in [3.63, 3.8) is 0 Å². The second-order valence-electron chi connectivity index (χ2n) is 4.49. The third-order valence-electron chi connectivity index (χ3n) is 2.66. The molecule has 0 aromatic carbocycles. The Kier molecular flexibility index (Phi) is 6.27. The van der Waals surface area contributed by atoms with Crippen LogP contribution in [0.3, 0.4) is 0 Å². The first kappa shape index (κ1) is 15.6. The van der Waals surface area contributed by atoms with Crippen LogP contribution in [0.4, 0.5) is 0 Å². The Morgan fingerprint density at radius 3 is 2.72 bits per heavy atom. The van der Waals surface area contributed by atoms with Crippen LogP contribution in [0.2, 0.25) is 0 Å². The highest BCUT2D eigenvalue weighted by Gasteiger charge is 2.12. The highest BCUT2D eigenvalue weighted by Crippen LogP contribution is 2.18. The van der Waals surface area contributed by atoms with Gasteiger partial charge in [-0.1, -0.05) is 13.8 Å². The van der Waals surface area contributed by atoms with E-state index in [1.165, 1.54) is 0 Å². The summed E-state index contributed by atoms with van der Waals surface area (Å²) >= 11 is 1.71. The van der Waals surface area contributed by atoms with Gasteiger partial charge in [0.05, 0.1) is 6.54 Å². The number of likely N-dealkylation sites (N-methyl/N-ethyl adjacent to an activating group) is 1. The Balaban J connectivity index is 0.00000162. The quantitative estimate of drug-likeness (QED) is 0.807. The number of hydrogen-bond acceptors (Lipinski definition) is 6. The maximum Gasteiger partial charge on any atom is 0.193 e. The molecule has 0 spiro atoms. The molecule has 0 saturated carbocycles. The predicted molar refractivity (Wildman–Crippen MR) is 86.1 cm³/mol. The third kappa shape index (κ3) is 4.04. The van der Waals surface area contributed by atoms with Gasteiger partial charge in [-0.2, -0.15) is 0 Å². The molecular formula is C11H20IN5S. The molecule has 2 rings (SSSR count). The Morgan fingerprint density at radius 2 is 2.17 bits per heavy atom. The number of hydrogen-bond donors (Lipinski definition) is 1. The van der Waals surface area contributed by atoms with Crippen molar-refractivity contribution in [1.29, 1.82) is 0 Å². The fourth-order valence-electron chi connectivity index (χ4n) is 1.61. The first-order valence-corrected chi connectivity index (χ1v) is 6.80. The second-order valence-corrected chi connectivity index (χ2v) is 5.59. The van der Waals surface area contributed by atoms with E-state index in [0.717, 1.165) is 42.0 Å². The third-order valence-corrected chi connectivity index (χ3v) is 3.94. The van der Waals surface area contributed by atoms with Crippen LogP contribution in [-0.2, 0) is 6.42 Å². The first-order valence-electron chi connectivity index (χ1n) is 5.98. The van der Waals surface area contributed by atoms with Gasteiger partial charge in [-0.15, -0.1) is 45.5 Å². The van der Waals surface area contributed by atoms with Crippen molar-refractivity contribution in [3.05, 3.63) is 10.0 Å². The van der Waals surface area contributed by atoms with Gasteiger partial charge in [-0.3, -0.25) is 4.99 Å². The molecule has 1 aliphatic rings. The molecule has 5 nitrogen and oxygen atoms in total. The van der Waals surface area contributed by atoms with Crippen molar-refractivity contribution >= 4 is 41.3 Å². The van der Waals surface area contributed by atoms with Gasteiger partial charge < -0.3 is 10.2 Å². The lowest BCUT2D eigenvalue weighted by molar-refractivity contribution is 0.534. The van der Waals surface area contributed by atoms with Gasteiger partial charge in [0, 0.05) is 32.5 Å². The maximum atomic E-state index is 4.38. The Morgan fingerprint density at radius 1 is 1.39 bits per heavy atom. The molecule has 0 fully saturated rings. The highest BCUT2D eigenvalue weighted by molar-refractivity contribution is 14.0. The van der Waals surface area contributed by atoms with E-state index in [2.05, 4.69) is 46.3 Å². The van der Waals surface area contributed by atoms with Crippen LogP contribution in [0, 0.1) is 0 Å². The van der Waals surface area contributed by atoms with E-state index < -0.39 is 0 Å². The number of aromatic nitrogens is 2. The summed E-state index contributed by atoms with van der Waals surface area (Å²) in [5.74, 6) is 1.47. The van der Waals surface area contributed by atoms with E-state index in [0.29, 0.717) is 5.92 Å². The lowest BCUT2D eigenvalue weighted by Gasteiger charge is -2.14. The summed E-state index contributed by atoms with van der Waals surface area (Å²) in [5.41, 5.74) is 0. The summed E-state index contributed by atoms with van der Waals surface area (Å²) in [6.45, 7) is 7.07. The zero-order chi connectivity index (χ0) is 12.3. The molecule has 18 heavy (non-hydrogen) atoms. The molecule has 0 aliphatic carbocycles. The van der Waals surface area contributed by atoms with Gasteiger partial charge in [0.15, 0.2) is 5.96 Å². The molecule has 102 valence electrons. The van der Waals surface area contributed by atoms with Crippen LogP contribution in [0.15, 0.2) is 4.99 Å². The summed E-state index contributed by atoms with van der Waals surface area (Å²) in [6, 6.07) is 0. The summed E-state index contributed by atoms with van der Waals surface area (Å²) in [7, 11) is 2.06. The molecule has 1 aromatic rings. The fourth-order valence-corrected chi connectivity index (χ4v) is 2.45. The van der Waals surface area contributed by atoms with Crippen LogP contribution in [0.25, 0.3) is 0 Å². The van der Waals surface area contributed by atoms with Gasteiger partial charge in [0.25, 0.3) is 0 Å². The number of nitrogens with zero attached hydrogens (tertiary/aromatic N) is 4. The molecule has 0 radical (unpaired) electrons. The Labute approximate surface area is 129 Å². The molecule has 7 heteroatoms. The largest absolute Gasteiger partial charge is 0.356 e. The number of nitrogens with one attached hydrogen (secondary N) is 1. The molecule has 0 atom stereocenters. The lowest BCUT2D eigenvalue weighted by atomic mass is 10.2. The number of rotatable bonds is 4. The zero-order valence-corrected chi connectivity index (χ0v) is 14.2. The first-order chi connectivity index (χ1) is 8.16. The molecule has 0 saturated heterocycles. The molecule has 2 heterocycles. The lowest BCUT2D eigenvalue weighted by Crippen LogP contribution is -2.36. The van der Waals surface area contributed by atoms with Gasteiger partial charge in [0.1, 0.15) is 10.0 Å². The maximum absolute atomic E-state index is 4.38. The zero-order valence-electron chi connectivity index (χ0n) is 11.0. The summed E-state index contributed by atoms with van der Waals surface area (Å²) in [4.78, 5) is 6.52. The normalized spacial score (nSPS) is 14.7. The average molecular weight is 381 g/mol. The molecule has 0 unspecified atom stereocenters. The van der Waals surface area contributed by atoms with Gasteiger partial charge in [0.2, 0.25) is 0 Å². The standard InChI is InChI=1S/C11H19N5S.HI/c1-8(2)10-15-14-9(17-10)4-5-12-11-13-6-7-16(11)3;/h8H,4-7H2,1-3H3,(H,12,13);1H. The Hall–Kier alpha value is -0.440. The minimum absolute atomic E-state index is 0. The molecule has 0 amide bonds. The van der Waals surface area contributed by atoms with Crippen molar-refractivity contribution in [2.45, 2.75) is 26.2 Å². The monoisotopic (exact) mass is 381 g/mol. The van der Waals surface area contributed by atoms with Gasteiger partial charge in [-0.25, -0.2) is 0 Å². The fraction of sp³-hybridized carbons (Fsp3) is 0.727. The minimum Gasteiger partial charge on any atom is -0.356 e. The summed E-state index contributed by atoms with van der Waals surface area (Å²) in [5, 5.41) is 13.9. The highest BCUT2D eigenvalue weighted by atomic mass is 127. The summed E-state index contributed by atoms with van der Waals surface area (Å²) < 4.78 is 0. The number of halogens is 1. The molecule has 1 aliphatic heterocycles. The molecule has 1 N–H and O–H groups in total. The van der Waals surface area contributed by atoms with Crippen LogP contribution < -0.4 is 5.32 Å². The smallest absolute Gasteiger partial charge is 0.193 e. The predicted octanol–water partition coefficient (Wildman–Crippen LogP) is 1.71. The van der Waals surface area contributed by atoms with Crippen LogP contribution in [-0.4, -0.2) is 47.7 Å². The number of guanidine groups is 1. The topological polar surface area (TPSA) is 53.4 Å². The Bertz CT molecular complexity index is 404. The number of aliphatic imine (C=N–C) groups is 1. The van der Waals surface area contributed by atoms with Crippen molar-refractivity contribution in [2.75, 3.05) is 26.7 Å². The average Bonchev–Trinajstić information content (AvgIpc) is 2.89.